The zero-order valence-corrected chi connectivity index (χ0v) is 11.4. The highest BCUT2D eigenvalue weighted by Gasteiger charge is 2.16. The lowest BCUT2D eigenvalue weighted by Gasteiger charge is -2.28. The molecule has 17 heavy (non-hydrogen) atoms. The van der Waals surface area contributed by atoms with Crippen molar-refractivity contribution in [1.29, 1.82) is 0 Å². The molecule has 0 aliphatic carbocycles. The van der Waals surface area contributed by atoms with Gasteiger partial charge in [-0.1, -0.05) is 0 Å². The number of nitrogens with one attached hydrogen (secondary N) is 2. The quantitative estimate of drug-likeness (QED) is 0.913. The molecule has 2 aromatic rings. The van der Waals surface area contributed by atoms with Crippen LogP contribution in [0.5, 0.6) is 0 Å². The van der Waals surface area contributed by atoms with E-state index in [-0.39, 0.29) is 0 Å². The van der Waals surface area contributed by atoms with Gasteiger partial charge in [0.2, 0.25) is 0 Å². The van der Waals surface area contributed by atoms with E-state index in [0.717, 1.165) is 33.3 Å². The van der Waals surface area contributed by atoms with Crippen molar-refractivity contribution in [1.82, 2.24) is 15.5 Å². The third-order valence-electron chi connectivity index (χ3n) is 2.62. The maximum Gasteiger partial charge on any atom is 0.148 e. The van der Waals surface area contributed by atoms with Crippen LogP contribution in [-0.2, 0) is 0 Å². The molecule has 3 heterocycles. The van der Waals surface area contributed by atoms with E-state index >= 15 is 0 Å². The van der Waals surface area contributed by atoms with Crippen LogP contribution in [-0.4, -0.2) is 29.3 Å². The molecule has 0 saturated carbocycles. The van der Waals surface area contributed by atoms with Gasteiger partial charge in [-0.3, -0.25) is 0 Å². The highest BCUT2D eigenvalue weighted by molar-refractivity contribution is 9.11. The SMILES string of the molecule is Brc1ccc(-c2ccc(NC3CNC3)nn2)s1. The molecule has 0 bridgehead atoms. The van der Waals surface area contributed by atoms with E-state index in [1.54, 1.807) is 11.3 Å². The minimum absolute atomic E-state index is 0.492. The first-order valence-electron chi connectivity index (χ1n) is 5.38. The van der Waals surface area contributed by atoms with Crippen molar-refractivity contribution in [2.45, 2.75) is 6.04 Å². The predicted molar refractivity (Wildman–Crippen MR) is 73.3 cm³/mol. The van der Waals surface area contributed by atoms with Crippen LogP contribution in [0, 0.1) is 0 Å². The molecule has 4 nitrogen and oxygen atoms in total. The zero-order valence-electron chi connectivity index (χ0n) is 8.98. The second-order valence-corrected chi connectivity index (χ2v) is 6.37. The van der Waals surface area contributed by atoms with E-state index in [2.05, 4.69) is 36.8 Å². The van der Waals surface area contributed by atoms with Gasteiger partial charge in [-0.2, -0.15) is 0 Å². The summed E-state index contributed by atoms with van der Waals surface area (Å²) in [7, 11) is 0. The minimum Gasteiger partial charge on any atom is -0.363 e. The third-order valence-corrected chi connectivity index (χ3v) is 4.27. The molecule has 0 atom stereocenters. The van der Waals surface area contributed by atoms with Crippen molar-refractivity contribution in [3.8, 4) is 10.6 Å². The van der Waals surface area contributed by atoms with Crippen molar-refractivity contribution in [3.05, 3.63) is 28.1 Å². The van der Waals surface area contributed by atoms with Crippen molar-refractivity contribution in [2.24, 2.45) is 0 Å². The molecule has 1 aliphatic heterocycles. The Morgan fingerprint density at radius 3 is 2.65 bits per heavy atom. The lowest BCUT2D eigenvalue weighted by atomic mass is 10.2. The first-order chi connectivity index (χ1) is 8.31. The second kappa shape index (κ2) is 4.72. The summed E-state index contributed by atoms with van der Waals surface area (Å²) in [5.74, 6) is 0.843. The van der Waals surface area contributed by atoms with Gasteiger partial charge in [0.05, 0.1) is 14.7 Å². The Kier molecular flexibility index (Phi) is 3.09. The number of hydrogen-bond donors (Lipinski definition) is 2. The smallest absolute Gasteiger partial charge is 0.148 e. The summed E-state index contributed by atoms with van der Waals surface area (Å²) >= 11 is 5.10. The molecule has 1 saturated heterocycles. The first-order valence-corrected chi connectivity index (χ1v) is 6.99. The van der Waals surface area contributed by atoms with Gasteiger partial charge in [-0.15, -0.1) is 21.5 Å². The van der Waals surface area contributed by atoms with Crippen LogP contribution in [0.4, 0.5) is 5.82 Å². The topological polar surface area (TPSA) is 49.8 Å². The number of thiophene rings is 1. The Labute approximate surface area is 112 Å². The van der Waals surface area contributed by atoms with Crippen LogP contribution < -0.4 is 10.6 Å². The molecule has 3 rings (SSSR count). The zero-order chi connectivity index (χ0) is 11.7. The molecule has 0 amide bonds. The summed E-state index contributed by atoms with van der Waals surface area (Å²) < 4.78 is 1.11. The Hall–Kier alpha value is -0.980. The molecule has 0 unspecified atom stereocenters. The van der Waals surface area contributed by atoms with E-state index in [0.29, 0.717) is 6.04 Å². The molecular formula is C11H11BrN4S. The van der Waals surface area contributed by atoms with E-state index < -0.39 is 0 Å². The number of nitrogens with zero attached hydrogens (tertiary/aromatic N) is 2. The molecule has 0 spiro atoms. The van der Waals surface area contributed by atoms with Crippen molar-refractivity contribution < 1.29 is 0 Å². The average Bonchev–Trinajstić information content (AvgIpc) is 2.71. The summed E-state index contributed by atoms with van der Waals surface area (Å²) in [6.45, 7) is 2.00. The van der Waals surface area contributed by atoms with E-state index in [9.17, 15) is 0 Å². The van der Waals surface area contributed by atoms with Gasteiger partial charge in [0, 0.05) is 13.1 Å². The van der Waals surface area contributed by atoms with Gasteiger partial charge < -0.3 is 10.6 Å². The summed E-state index contributed by atoms with van der Waals surface area (Å²) in [4.78, 5) is 1.13. The van der Waals surface area contributed by atoms with Crippen LogP contribution in [0.3, 0.4) is 0 Å². The minimum atomic E-state index is 0.492. The first kappa shape index (κ1) is 11.1. The molecule has 0 radical (unpaired) electrons. The predicted octanol–water partition coefficient (Wildman–Crippen LogP) is 2.35. The molecule has 1 aliphatic rings. The summed E-state index contributed by atoms with van der Waals surface area (Å²) in [6.07, 6.45) is 0. The molecule has 0 aromatic carbocycles. The Bertz CT molecular complexity index is 506. The Morgan fingerprint density at radius 1 is 1.24 bits per heavy atom. The van der Waals surface area contributed by atoms with Gasteiger partial charge in [0.25, 0.3) is 0 Å². The fourth-order valence-electron chi connectivity index (χ4n) is 1.59. The molecule has 2 N–H and O–H groups in total. The van der Waals surface area contributed by atoms with Crippen LogP contribution in [0.2, 0.25) is 0 Å². The van der Waals surface area contributed by atoms with Gasteiger partial charge in [-0.05, 0) is 40.2 Å². The summed E-state index contributed by atoms with van der Waals surface area (Å²) in [5, 5.41) is 14.9. The van der Waals surface area contributed by atoms with Gasteiger partial charge in [0.15, 0.2) is 0 Å². The third kappa shape index (κ3) is 2.48. The van der Waals surface area contributed by atoms with Crippen LogP contribution in [0.15, 0.2) is 28.1 Å². The van der Waals surface area contributed by atoms with E-state index in [1.165, 1.54) is 0 Å². The standard InChI is InChI=1S/C11H11BrN4S/c12-10-3-2-9(17-10)8-1-4-11(16-15-8)14-7-5-13-6-7/h1-4,7,13H,5-6H2,(H,14,16). The van der Waals surface area contributed by atoms with Crippen LogP contribution >= 0.6 is 27.3 Å². The lowest BCUT2D eigenvalue weighted by molar-refractivity contribution is 0.470. The molecule has 6 heteroatoms. The molecular weight excluding hydrogens is 300 g/mol. The highest BCUT2D eigenvalue weighted by Crippen LogP contribution is 2.29. The highest BCUT2D eigenvalue weighted by atomic mass is 79.9. The van der Waals surface area contributed by atoms with Gasteiger partial charge >= 0.3 is 0 Å². The van der Waals surface area contributed by atoms with Gasteiger partial charge in [0.1, 0.15) is 11.5 Å². The fraction of sp³-hybridized carbons (Fsp3) is 0.273. The average molecular weight is 311 g/mol. The number of halogens is 1. The van der Waals surface area contributed by atoms with Crippen LogP contribution in [0.1, 0.15) is 0 Å². The normalized spacial score (nSPS) is 15.6. The number of rotatable bonds is 3. The largest absolute Gasteiger partial charge is 0.363 e. The number of aromatic nitrogens is 2. The van der Waals surface area contributed by atoms with E-state index in [1.807, 2.05) is 24.3 Å². The van der Waals surface area contributed by atoms with Crippen molar-refractivity contribution in [2.75, 3.05) is 18.4 Å². The van der Waals surface area contributed by atoms with Crippen molar-refractivity contribution >= 4 is 33.1 Å². The Balaban J connectivity index is 1.75. The maximum absolute atomic E-state index is 4.23. The summed E-state index contributed by atoms with van der Waals surface area (Å²) in [5.41, 5.74) is 0.915. The molecule has 88 valence electrons. The second-order valence-electron chi connectivity index (χ2n) is 3.91. The van der Waals surface area contributed by atoms with Gasteiger partial charge in [-0.25, -0.2) is 0 Å². The fourth-order valence-corrected chi connectivity index (χ4v) is 2.94. The summed E-state index contributed by atoms with van der Waals surface area (Å²) in [6, 6.07) is 8.54. The maximum atomic E-state index is 4.23. The monoisotopic (exact) mass is 310 g/mol. The molecule has 1 fully saturated rings. The van der Waals surface area contributed by atoms with Crippen molar-refractivity contribution in [3.63, 3.8) is 0 Å². The number of hydrogen-bond acceptors (Lipinski definition) is 5. The lowest BCUT2D eigenvalue weighted by Crippen LogP contribution is -2.51. The van der Waals surface area contributed by atoms with Crippen LogP contribution in [0.25, 0.3) is 10.6 Å². The van der Waals surface area contributed by atoms with E-state index in [4.69, 9.17) is 0 Å². The Morgan fingerprint density at radius 2 is 2.12 bits per heavy atom. The number of anilines is 1. The molecule has 2 aromatic heterocycles.